The molecule has 4 amide bonds. The topological polar surface area (TPSA) is 193 Å². The standard InChI is InChI=1S/C35H45N9O6/c1-6-22(2)32-34(47)39-23(3)33-40-29(18-24-10-13-27(49-4)28(17-24)50-5)42-44(33)21-31(46)37-14-8-16-43(15-7-9-30(45)41-32)35(48)25-11-12-26(19-36)38-20-25/h10-13,17,20,22-23,32H,6-9,14-16,18,21H2,1-5H3,(H,37,46)(H,39,47)(H,41,45)/t22-,23+,32-/m0/s1. The Labute approximate surface area is 291 Å². The first-order valence-corrected chi connectivity index (χ1v) is 16.7. The van der Waals surface area contributed by atoms with E-state index in [0.717, 1.165) is 5.56 Å². The van der Waals surface area contributed by atoms with Crippen molar-refractivity contribution in [2.45, 2.75) is 71.5 Å². The second kappa shape index (κ2) is 17.8. The predicted molar refractivity (Wildman–Crippen MR) is 182 cm³/mol. The van der Waals surface area contributed by atoms with Gasteiger partial charge in [0, 0.05) is 38.7 Å². The number of nitriles is 1. The van der Waals surface area contributed by atoms with Gasteiger partial charge in [-0.15, -0.1) is 0 Å². The number of nitrogens with one attached hydrogen (secondary N) is 3. The summed E-state index contributed by atoms with van der Waals surface area (Å²) in [4.78, 5) is 63.7. The summed E-state index contributed by atoms with van der Waals surface area (Å²) in [5, 5.41) is 22.5. The largest absolute Gasteiger partial charge is 0.493 e. The van der Waals surface area contributed by atoms with E-state index in [1.165, 1.54) is 16.9 Å². The van der Waals surface area contributed by atoms with Crippen molar-refractivity contribution in [2.75, 3.05) is 33.9 Å². The number of aromatic nitrogens is 4. The highest BCUT2D eigenvalue weighted by atomic mass is 16.5. The van der Waals surface area contributed by atoms with Crippen molar-refractivity contribution in [1.29, 1.82) is 5.26 Å². The van der Waals surface area contributed by atoms with Gasteiger partial charge in [-0.1, -0.05) is 26.3 Å². The van der Waals surface area contributed by atoms with Crippen LogP contribution in [-0.2, 0) is 27.3 Å². The highest BCUT2D eigenvalue weighted by molar-refractivity contribution is 5.94. The first-order chi connectivity index (χ1) is 24.1. The summed E-state index contributed by atoms with van der Waals surface area (Å²) >= 11 is 0. The third-order valence-corrected chi connectivity index (χ3v) is 8.58. The number of hydrogen-bond donors (Lipinski definition) is 3. The van der Waals surface area contributed by atoms with Gasteiger partial charge in [0.25, 0.3) is 5.91 Å². The molecule has 0 spiro atoms. The molecule has 0 aliphatic carbocycles. The number of ether oxygens (including phenoxy) is 2. The van der Waals surface area contributed by atoms with Gasteiger partial charge in [-0.3, -0.25) is 19.2 Å². The summed E-state index contributed by atoms with van der Waals surface area (Å²) < 4.78 is 12.3. The Morgan fingerprint density at radius 2 is 1.82 bits per heavy atom. The monoisotopic (exact) mass is 687 g/mol. The average Bonchev–Trinajstić information content (AvgIpc) is 3.51. The highest BCUT2D eigenvalue weighted by Gasteiger charge is 2.29. The number of carbonyl (C=O) groups excluding carboxylic acids is 4. The number of fused-ring (bicyclic) bond motifs is 1. The lowest BCUT2D eigenvalue weighted by atomic mass is 9.97. The Morgan fingerprint density at radius 1 is 1.06 bits per heavy atom. The van der Waals surface area contributed by atoms with E-state index in [-0.39, 0.29) is 61.3 Å². The lowest BCUT2D eigenvalue weighted by Crippen LogP contribution is -2.51. The number of pyridine rings is 1. The molecule has 1 aromatic carbocycles. The summed E-state index contributed by atoms with van der Waals surface area (Å²) in [6, 6.07) is 8.99. The van der Waals surface area contributed by atoms with E-state index in [1.54, 1.807) is 38.2 Å². The fraction of sp³-hybridized carbons (Fsp3) is 0.486. The maximum absolute atomic E-state index is 13.6. The molecule has 50 heavy (non-hydrogen) atoms. The van der Waals surface area contributed by atoms with Gasteiger partial charge in [0.05, 0.1) is 25.8 Å². The second-order valence-corrected chi connectivity index (χ2v) is 12.2. The second-order valence-electron chi connectivity index (χ2n) is 12.2. The highest BCUT2D eigenvalue weighted by Crippen LogP contribution is 2.28. The van der Waals surface area contributed by atoms with Crippen molar-refractivity contribution in [2.24, 2.45) is 5.92 Å². The van der Waals surface area contributed by atoms with Crippen LogP contribution in [0, 0.1) is 17.2 Å². The normalized spacial score (nSPS) is 18.6. The van der Waals surface area contributed by atoms with E-state index in [9.17, 15) is 19.2 Å². The Kier molecular flexibility index (Phi) is 13.2. The number of benzene rings is 1. The van der Waals surface area contributed by atoms with Crippen LogP contribution in [0.1, 0.15) is 85.8 Å². The van der Waals surface area contributed by atoms with Gasteiger partial charge in [0.15, 0.2) is 17.3 Å². The van der Waals surface area contributed by atoms with Crippen LogP contribution in [0.15, 0.2) is 36.5 Å². The van der Waals surface area contributed by atoms with Crippen LogP contribution < -0.4 is 25.4 Å². The van der Waals surface area contributed by atoms with Crippen molar-refractivity contribution in [3.8, 4) is 17.6 Å². The Hall–Kier alpha value is -5.52. The number of rotatable bonds is 7. The minimum Gasteiger partial charge on any atom is -0.493 e. The molecule has 1 aliphatic heterocycles. The fourth-order valence-corrected chi connectivity index (χ4v) is 5.61. The lowest BCUT2D eigenvalue weighted by Gasteiger charge is -2.26. The fourth-order valence-electron chi connectivity index (χ4n) is 5.61. The van der Waals surface area contributed by atoms with Crippen LogP contribution in [-0.4, -0.2) is 88.2 Å². The van der Waals surface area contributed by atoms with Crippen molar-refractivity contribution < 1.29 is 28.7 Å². The van der Waals surface area contributed by atoms with E-state index >= 15 is 0 Å². The number of carbonyl (C=O) groups is 4. The summed E-state index contributed by atoms with van der Waals surface area (Å²) in [7, 11) is 3.11. The smallest absolute Gasteiger partial charge is 0.255 e. The van der Waals surface area contributed by atoms with Gasteiger partial charge < -0.3 is 30.3 Å². The van der Waals surface area contributed by atoms with Gasteiger partial charge in [0.1, 0.15) is 30.2 Å². The maximum Gasteiger partial charge on any atom is 0.255 e. The molecule has 0 saturated carbocycles. The van der Waals surface area contributed by atoms with Crippen molar-refractivity contribution in [3.05, 3.63) is 65.0 Å². The minimum atomic E-state index is -0.817. The first-order valence-electron chi connectivity index (χ1n) is 16.7. The number of methoxy groups -OCH3 is 2. The molecule has 0 unspecified atom stereocenters. The number of hydrogen-bond acceptors (Lipinski definition) is 10. The SMILES string of the molecule is CC[C@H](C)[C@@H]1NC(=O)CCCN(C(=O)c2ccc(C#N)nc2)CCCNC(=O)Cn2nc(Cc3ccc(OC)c(OC)c3)nc2[C@@H](C)NC1=O. The molecule has 2 aromatic heterocycles. The van der Waals surface area contributed by atoms with Crippen molar-refractivity contribution in [1.82, 2.24) is 40.6 Å². The minimum absolute atomic E-state index is 0.0930. The molecule has 15 nitrogen and oxygen atoms in total. The Bertz CT molecular complexity index is 1700. The van der Waals surface area contributed by atoms with Gasteiger partial charge in [0.2, 0.25) is 17.7 Å². The zero-order valence-electron chi connectivity index (χ0n) is 29.2. The van der Waals surface area contributed by atoms with E-state index in [0.29, 0.717) is 60.9 Å². The molecule has 3 aromatic rings. The van der Waals surface area contributed by atoms with Crippen LogP contribution in [0.5, 0.6) is 11.5 Å². The van der Waals surface area contributed by atoms with E-state index < -0.39 is 12.1 Å². The van der Waals surface area contributed by atoms with Crippen LogP contribution in [0.25, 0.3) is 0 Å². The summed E-state index contributed by atoms with van der Waals surface area (Å²) in [6.07, 6.45) is 3.21. The van der Waals surface area contributed by atoms with Crippen LogP contribution in [0.3, 0.4) is 0 Å². The van der Waals surface area contributed by atoms with Gasteiger partial charge in [-0.05, 0) is 55.5 Å². The molecule has 0 fully saturated rings. The Morgan fingerprint density at radius 3 is 2.50 bits per heavy atom. The van der Waals surface area contributed by atoms with E-state index in [4.69, 9.17) is 19.7 Å². The van der Waals surface area contributed by atoms with Crippen LogP contribution in [0.4, 0.5) is 0 Å². The lowest BCUT2D eigenvalue weighted by molar-refractivity contribution is -0.130. The van der Waals surface area contributed by atoms with Gasteiger partial charge >= 0.3 is 0 Å². The van der Waals surface area contributed by atoms with Gasteiger partial charge in [-0.2, -0.15) is 10.4 Å². The molecular weight excluding hydrogens is 642 g/mol. The quantitative estimate of drug-likeness (QED) is 0.332. The summed E-state index contributed by atoms with van der Waals surface area (Å²) in [6.45, 7) is 6.29. The first kappa shape index (κ1) is 37.3. The van der Waals surface area contributed by atoms with Crippen molar-refractivity contribution >= 4 is 23.6 Å². The van der Waals surface area contributed by atoms with E-state index in [2.05, 4.69) is 26.0 Å². The molecule has 0 saturated heterocycles. The molecule has 3 atom stereocenters. The molecular formula is C35H45N9O6. The summed E-state index contributed by atoms with van der Waals surface area (Å²) in [5.41, 5.74) is 1.36. The van der Waals surface area contributed by atoms with E-state index in [1.807, 2.05) is 32.0 Å². The third-order valence-electron chi connectivity index (χ3n) is 8.58. The predicted octanol–water partition coefficient (Wildman–Crippen LogP) is 2.30. The zero-order chi connectivity index (χ0) is 36.2. The molecule has 266 valence electrons. The Balaban J connectivity index is 1.60. The summed E-state index contributed by atoms with van der Waals surface area (Å²) in [5.74, 6) is 0.475. The van der Waals surface area contributed by atoms with Crippen molar-refractivity contribution in [3.63, 3.8) is 0 Å². The molecule has 3 heterocycles. The molecule has 3 N–H and O–H groups in total. The molecule has 15 heteroatoms. The average molecular weight is 688 g/mol. The van der Waals surface area contributed by atoms with Gasteiger partial charge in [-0.25, -0.2) is 14.6 Å². The zero-order valence-corrected chi connectivity index (χ0v) is 29.2. The maximum atomic E-state index is 13.6. The van der Waals surface area contributed by atoms with Crippen LogP contribution >= 0.6 is 0 Å². The number of amides is 4. The molecule has 1 aliphatic rings. The number of nitrogens with zero attached hydrogens (tertiary/aromatic N) is 6. The molecule has 0 radical (unpaired) electrons. The third kappa shape index (κ3) is 9.77. The van der Waals surface area contributed by atoms with Crippen LogP contribution in [0.2, 0.25) is 0 Å². The molecule has 4 rings (SSSR count). The molecule has 0 bridgehead atoms.